The summed E-state index contributed by atoms with van der Waals surface area (Å²) in [6.07, 6.45) is 0. The number of hydrogen-bond acceptors (Lipinski definition) is 4. The van der Waals surface area contributed by atoms with Crippen molar-refractivity contribution in [2.45, 2.75) is 26.9 Å². The highest BCUT2D eigenvalue weighted by Gasteiger charge is 2.26. The number of aliphatic imine (C=N–C) groups is 1. The van der Waals surface area contributed by atoms with Gasteiger partial charge >= 0.3 is 0 Å². The lowest BCUT2D eigenvalue weighted by Gasteiger charge is -2.36. The maximum atomic E-state index is 12.6. The van der Waals surface area contributed by atoms with Crippen LogP contribution in [0.3, 0.4) is 0 Å². The molecular formula is C19H24ClN5OS. The van der Waals surface area contributed by atoms with Crippen LogP contribution in [0.15, 0.2) is 34.8 Å². The van der Waals surface area contributed by atoms with Crippen LogP contribution >= 0.6 is 22.9 Å². The van der Waals surface area contributed by atoms with Crippen LogP contribution in [-0.2, 0) is 17.9 Å². The molecule has 0 unspecified atom stereocenters. The Morgan fingerprint density at radius 3 is 2.74 bits per heavy atom. The average molecular weight is 406 g/mol. The lowest BCUT2D eigenvalue weighted by atomic mass is 10.2. The highest BCUT2D eigenvalue weighted by atomic mass is 35.5. The molecule has 0 radical (unpaired) electrons. The Kier molecular flexibility index (Phi) is 6.68. The van der Waals surface area contributed by atoms with Crippen LogP contribution in [0.1, 0.15) is 23.1 Å². The summed E-state index contributed by atoms with van der Waals surface area (Å²) in [5, 5.41) is 4.01. The van der Waals surface area contributed by atoms with E-state index in [0.29, 0.717) is 31.2 Å². The summed E-state index contributed by atoms with van der Waals surface area (Å²) in [5.41, 5.74) is 3.94. The van der Waals surface area contributed by atoms with E-state index in [1.807, 2.05) is 53.4 Å². The minimum absolute atomic E-state index is 0.107. The van der Waals surface area contributed by atoms with Crippen LogP contribution < -0.4 is 5.32 Å². The molecule has 27 heavy (non-hydrogen) atoms. The van der Waals surface area contributed by atoms with Crippen LogP contribution in [0.2, 0.25) is 5.02 Å². The van der Waals surface area contributed by atoms with E-state index >= 15 is 0 Å². The molecule has 0 spiro atoms. The van der Waals surface area contributed by atoms with Gasteiger partial charge in [0.25, 0.3) is 0 Å². The van der Waals surface area contributed by atoms with E-state index in [1.165, 1.54) is 0 Å². The summed E-state index contributed by atoms with van der Waals surface area (Å²) >= 11 is 7.54. The number of amides is 1. The lowest BCUT2D eigenvalue weighted by Crippen LogP contribution is -2.54. The maximum absolute atomic E-state index is 12.6. The van der Waals surface area contributed by atoms with Gasteiger partial charge in [-0.3, -0.25) is 4.79 Å². The standard InChI is InChI=1S/C19H24ClN5OS/c1-3-21-19(22-10-17-14(2)23-13-27-17)25-9-8-24(18(26)12-25)11-15-4-6-16(20)7-5-15/h4-7,13H,3,8-12H2,1-2H3,(H,21,22). The minimum Gasteiger partial charge on any atom is -0.356 e. The van der Waals surface area contributed by atoms with Crippen molar-refractivity contribution in [1.29, 1.82) is 0 Å². The third-order valence-electron chi connectivity index (χ3n) is 4.46. The first kappa shape index (κ1) is 19.6. The molecule has 1 aliphatic heterocycles. The third kappa shape index (κ3) is 5.20. The van der Waals surface area contributed by atoms with Gasteiger partial charge in [-0.05, 0) is 31.5 Å². The van der Waals surface area contributed by atoms with Gasteiger partial charge in [-0.25, -0.2) is 9.98 Å². The molecule has 1 fully saturated rings. The molecule has 1 saturated heterocycles. The average Bonchev–Trinajstić information content (AvgIpc) is 3.07. The lowest BCUT2D eigenvalue weighted by molar-refractivity contribution is -0.135. The molecule has 1 aliphatic rings. The van der Waals surface area contributed by atoms with Gasteiger partial charge in [-0.2, -0.15) is 0 Å². The minimum atomic E-state index is 0.107. The summed E-state index contributed by atoms with van der Waals surface area (Å²) in [7, 11) is 0. The van der Waals surface area contributed by atoms with E-state index in [0.717, 1.165) is 35.2 Å². The molecule has 1 N–H and O–H groups in total. The fourth-order valence-corrected chi connectivity index (χ4v) is 3.74. The number of guanidine groups is 1. The summed E-state index contributed by atoms with van der Waals surface area (Å²) in [4.78, 5) is 26.7. The number of nitrogens with zero attached hydrogens (tertiary/aromatic N) is 4. The van der Waals surface area contributed by atoms with Gasteiger partial charge in [-0.15, -0.1) is 11.3 Å². The number of carbonyl (C=O) groups is 1. The smallest absolute Gasteiger partial charge is 0.242 e. The molecule has 3 rings (SSSR count). The first-order valence-corrected chi connectivity index (χ1v) is 10.3. The van der Waals surface area contributed by atoms with Crippen molar-refractivity contribution in [3.05, 3.63) is 50.9 Å². The number of halogens is 1. The second kappa shape index (κ2) is 9.19. The van der Waals surface area contributed by atoms with E-state index in [4.69, 9.17) is 16.6 Å². The Labute approximate surface area is 168 Å². The topological polar surface area (TPSA) is 60.8 Å². The van der Waals surface area contributed by atoms with Crippen molar-refractivity contribution in [2.75, 3.05) is 26.2 Å². The molecule has 2 aromatic rings. The summed E-state index contributed by atoms with van der Waals surface area (Å²) in [6, 6.07) is 7.64. The molecule has 0 atom stereocenters. The molecule has 1 amide bonds. The van der Waals surface area contributed by atoms with Crippen molar-refractivity contribution < 1.29 is 4.79 Å². The van der Waals surface area contributed by atoms with Gasteiger partial charge in [-0.1, -0.05) is 23.7 Å². The second-order valence-electron chi connectivity index (χ2n) is 6.39. The Morgan fingerprint density at radius 1 is 1.33 bits per heavy atom. The number of rotatable bonds is 5. The van der Waals surface area contributed by atoms with Gasteiger partial charge in [0.1, 0.15) is 0 Å². The van der Waals surface area contributed by atoms with Crippen molar-refractivity contribution in [3.63, 3.8) is 0 Å². The zero-order valence-corrected chi connectivity index (χ0v) is 17.2. The van der Waals surface area contributed by atoms with Crippen molar-refractivity contribution >= 4 is 34.8 Å². The largest absolute Gasteiger partial charge is 0.356 e. The second-order valence-corrected chi connectivity index (χ2v) is 7.77. The van der Waals surface area contributed by atoms with E-state index in [9.17, 15) is 4.79 Å². The number of thiazole rings is 1. The van der Waals surface area contributed by atoms with E-state index < -0.39 is 0 Å². The normalized spacial score (nSPS) is 15.4. The van der Waals surface area contributed by atoms with Gasteiger partial charge in [0.15, 0.2) is 5.96 Å². The Hall–Kier alpha value is -2.12. The predicted molar refractivity (Wildman–Crippen MR) is 110 cm³/mol. The monoisotopic (exact) mass is 405 g/mol. The molecule has 0 bridgehead atoms. The van der Waals surface area contributed by atoms with Crippen molar-refractivity contribution in [3.8, 4) is 0 Å². The Morgan fingerprint density at radius 2 is 2.11 bits per heavy atom. The molecule has 0 aliphatic carbocycles. The fourth-order valence-electron chi connectivity index (χ4n) is 2.92. The van der Waals surface area contributed by atoms with Crippen LogP contribution in [0.4, 0.5) is 0 Å². The molecule has 1 aromatic heterocycles. The molecule has 2 heterocycles. The third-order valence-corrected chi connectivity index (χ3v) is 5.63. The Balaban J connectivity index is 1.62. The van der Waals surface area contributed by atoms with Gasteiger partial charge in [0.2, 0.25) is 5.91 Å². The Bertz CT molecular complexity index is 805. The number of carbonyl (C=O) groups excluding carboxylic acids is 1. The van der Waals surface area contributed by atoms with E-state index in [-0.39, 0.29) is 5.91 Å². The quantitative estimate of drug-likeness (QED) is 0.613. The van der Waals surface area contributed by atoms with Crippen LogP contribution in [0, 0.1) is 6.92 Å². The van der Waals surface area contributed by atoms with Crippen molar-refractivity contribution in [2.24, 2.45) is 4.99 Å². The first-order chi connectivity index (χ1) is 13.1. The van der Waals surface area contributed by atoms with Crippen LogP contribution in [0.25, 0.3) is 0 Å². The molecule has 0 saturated carbocycles. The summed E-state index contributed by atoms with van der Waals surface area (Å²) < 4.78 is 0. The number of hydrogen-bond donors (Lipinski definition) is 1. The van der Waals surface area contributed by atoms with Gasteiger partial charge in [0, 0.05) is 36.1 Å². The molecule has 6 nitrogen and oxygen atoms in total. The number of aromatic nitrogens is 1. The number of piperazine rings is 1. The van der Waals surface area contributed by atoms with E-state index in [1.54, 1.807) is 11.3 Å². The summed E-state index contributed by atoms with van der Waals surface area (Å²) in [5.74, 6) is 0.889. The van der Waals surface area contributed by atoms with Crippen LogP contribution in [0.5, 0.6) is 0 Å². The molecule has 8 heteroatoms. The summed E-state index contributed by atoms with van der Waals surface area (Å²) in [6.45, 7) is 7.74. The number of nitrogens with one attached hydrogen (secondary N) is 1. The zero-order chi connectivity index (χ0) is 19.2. The molecular weight excluding hydrogens is 382 g/mol. The SMILES string of the molecule is CCNC(=NCc1scnc1C)N1CCN(Cc2ccc(Cl)cc2)C(=O)C1. The highest BCUT2D eigenvalue weighted by molar-refractivity contribution is 7.09. The van der Waals surface area contributed by atoms with Crippen molar-refractivity contribution in [1.82, 2.24) is 20.1 Å². The zero-order valence-electron chi connectivity index (χ0n) is 15.6. The van der Waals surface area contributed by atoms with Gasteiger partial charge in [0.05, 0.1) is 24.3 Å². The molecule has 144 valence electrons. The van der Waals surface area contributed by atoms with Gasteiger partial charge < -0.3 is 15.1 Å². The first-order valence-electron chi connectivity index (χ1n) is 9.01. The number of benzene rings is 1. The van der Waals surface area contributed by atoms with Crippen LogP contribution in [-0.4, -0.2) is 52.8 Å². The predicted octanol–water partition coefficient (Wildman–Crippen LogP) is 2.91. The highest BCUT2D eigenvalue weighted by Crippen LogP contribution is 2.15. The van der Waals surface area contributed by atoms with E-state index in [2.05, 4.69) is 10.3 Å². The fraction of sp³-hybridized carbons (Fsp3) is 0.421. The maximum Gasteiger partial charge on any atom is 0.242 e. The molecule has 1 aromatic carbocycles. The number of aryl methyl sites for hydroxylation is 1.